The van der Waals surface area contributed by atoms with E-state index in [1.807, 2.05) is 0 Å². The van der Waals surface area contributed by atoms with Crippen LogP contribution in [0.5, 0.6) is 0 Å². The van der Waals surface area contributed by atoms with E-state index in [9.17, 15) is 39.5 Å². The Morgan fingerprint density at radius 2 is 0.857 bits per heavy atom. The van der Waals surface area contributed by atoms with Gasteiger partial charge in [0.25, 0.3) is 0 Å². The van der Waals surface area contributed by atoms with Crippen LogP contribution >= 0.6 is 0 Å². The van der Waals surface area contributed by atoms with Crippen molar-refractivity contribution in [2.45, 2.75) is 22.7 Å². The Hall–Kier alpha value is -0.0716. The monoisotopic (exact) mass is 296 g/mol. The molecular weight excluding hydrogens is 294 g/mol. The van der Waals surface area contributed by atoms with Crippen LogP contribution in [0.3, 0.4) is 0 Å². The first-order valence-electron chi connectivity index (χ1n) is 2.74. The minimum absolute atomic E-state index is 1.21. The van der Waals surface area contributed by atoms with Crippen molar-refractivity contribution in [3.05, 3.63) is 0 Å². The summed E-state index contributed by atoms with van der Waals surface area (Å²) in [5, 5.41) is 0. The first-order chi connectivity index (χ1) is 5.75. The second kappa shape index (κ2) is 3.21. The third kappa shape index (κ3) is 1.96. The molecule has 1 atom stereocenters. The molecule has 0 saturated carbocycles. The standard InChI is InChI=1S/C4H2AsF9/c5-3(10,11)1(6,7)2(8,9)4(12,13)14/h5H2. The zero-order valence-electron chi connectivity index (χ0n) is 5.98. The van der Waals surface area contributed by atoms with Crippen molar-refractivity contribution in [2.24, 2.45) is 0 Å². The molecule has 0 nitrogen and oxygen atoms in total. The van der Waals surface area contributed by atoms with Crippen LogP contribution < -0.4 is 0 Å². The molecule has 0 fully saturated rings. The quantitative estimate of drug-likeness (QED) is 0.540. The van der Waals surface area contributed by atoms with E-state index in [0.29, 0.717) is 0 Å². The van der Waals surface area contributed by atoms with Crippen molar-refractivity contribution >= 4 is 16.9 Å². The average Bonchev–Trinajstić information content (AvgIpc) is 1.81. The number of rotatable bonds is 2. The summed E-state index contributed by atoms with van der Waals surface area (Å²) < 4.78 is 99.9. The van der Waals surface area contributed by atoms with E-state index >= 15 is 0 Å². The molecule has 0 spiro atoms. The Morgan fingerprint density at radius 1 is 0.571 bits per heavy atom. The molecule has 0 N–H and O–H groups in total. The van der Waals surface area contributed by atoms with E-state index in [1.54, 1.807) is 0 Å². The Labute approximate surface area is 79.9 Å². The van der Waals surface area contributed by atoms with Gasteiger partial charge >= 0.3 is 79.1 Å². The van der Waals surface area contributed by atoms with Crippen LogP contribution in [0, 0.1) is 0 Å². The fourth-order valence-corrected chi connectivity index (χ4v) is 0.768. The normalized spacial score (nSPS) is 15.9. The van der Waals surface area contributed by atoms with E-state index in [1.165, 1.54) is 0 Å². The SMILES string of the molecule is FC(F)(F)C(F)(F)C(F)(F)C(F)(F)[AsH2]. The van der Waals surface area contributed by atoms with Crippen LogP contribution in [0.15, 0.2) is 0 Å². The molecule has 1 unspecified atom stereocenters. The van der Waals surface area contributed by atoms with E-state index in [-0.39, 0.29) is 0 Å². The van der Waals surface area contributed by atoms with Gasteiger partial charge in [0, 0.05) is 0 Å². The molecular formula is C4H2AsF9. The molecule has 14 heavy (non-hydrogen) atoms. The van der Waals surface area contributed by atoms with Gasteiger partial charge in [-0.1, -0.05) is 0 Å². The van der Waals surface area contributed by atoms with Gasteiger partial charge in [0.05, 0.1) is 0 Å². The Morgan fingerprint density at radius 3 is 0.929 bits per heavy atom. The fourth-order valence-electron chi connectivity index (χ4n) is 0.387. The van der Waals surface area contributed by atoms with Crippen molar-refractivity contribution in [2.75, 3.05) is 0 Å². The third-order valence-corrected chi connectivity index (χ3v) is 1.93. The summed E-state index contributed by atoms with van der Waals surface area (Å²) in [5.41, 5.74) is 0. The second-order valence-electron chi connectivity index (χ2n) is 2.27. The maximum absolute atomic E-state index is 12.0. The van der Waals surface area contributed by atoms with Crippen molar-refractivity contribution in [3.8, 4) is 0 Å². The molecule has 0 aliphatic rings. The first-order valence-corrected chi connectivity index (χ1v) is 3.95. The molecule has 0 rings (SSSR count). The molecule has 86 valence electrons. The molecule has 0 amide bonds. The predicted molar refractivity (Wildman–Crippen MR) is 29.4 cm³/mol. The van der Waals surface area contributed by atoms with Crippen molar-refractivity contribution in [3.63, 3.8) is 0 Å². The number of hydrogen-bond donors (Lipinski definition) is 0. The molecule has 0 aromatic carbocycles. The summed E-state index contributed by atoms with van der Waals surface area (Å²) in [5.74, 6) is -13.2. The minimum atomic E-state index is -6.75. The summed E-state index contributed by atoms with van der Waals surface area (Å²) in [6, 6.07) is 0. The van der Waals surface area contributed by atoms with E-state index in [4.69, 9.17) is 0 Å². The van der Waals surface area contributed by atoms with Gasteiger partial charge in [-0.15, -0.1) is 0 Å². The Balaban J connectivity index is 5.30. The van der Waals surface area contributed by atoms with Gasteiger partial charge in [-0.3, -0.25) is 0 Å². The molecule has 0 aromatic rings. The predicted octanol–water partition coefficient (Wildman–Crippen LogP) is 2.05. The Kier molecular flexibility index (Phi) is 3.20. The molecule has 0 aliphatic heterocycles. The molecule has 0 heterocycles. The van der Waals surface area contributed by atoms with Gasteiger partial charge in [-0.05, 0) is 0 Å². The van der Waals surface area contributed by atoms with Crippen LogP contribution in [-0.4, -0.2) is 39.6 Å². The Bertz CT molecular complexity index is 186. The van der Waals surface area contributed by atoms with Crippen molar-refractivity contribution < 1.29 is 39.5 Å². The summed E-state index contributed by atoms with van der Waals surface area (Å²) in [6.07, 6.45) is -6.72. The number of halogens is 9. The maximum atomic E-state index is 12.0. The van der Waals surface area contributed by atoms with Gasteiger partial charge in [0.2, 0.25) is 0 Å². The average molecular weight is 296 g/mol. The van der Waals surface area contributed by atoms with Gasteiger partial charge in [0.15, 0.2) is 0 Å². The van der Waals surface area contributed by atoms with Crippen molar-refractivity contribution in [1.29, 1.82) is 0 Å². The summed E-state index contributed by atoms with van der Waals surface area (Å²) in [7, 11) is 0. The number of hydrogen-bond acceptors (Lipinski definition) is 0. The topological polar surface area (TPSA) is 0 Å². The molecule has 0 radical (unpaired) electrons. The van der Waals surface area contributed by atoms with Crippen LogP contribution in [-0.2, 0) is 0 Å². The molecule has 0 saturated heterocycles. The van der Waals surface area contributed by atoms with Crippen molar-refractivity contribution in [1.82, 2.24) is 0 Å². The van der Waals surface area contributed by atoms with Gasteiger partial charge in [-0.2, -0.15) is 0 Å². The zero-order chi connectivity index (χ0) is 12.0. The molecule has 0 aromatic heterocycles. The van der Waals surface area contributed by atoms with E-state index in [2.05, 4.69) is 0 Å². The third-order valence-electron chi connectivity index (χ3n) is 1.17. The number of alkyl halides is 9. The summed E-state index contributed by atoms with van der Waals surface area (Å²) in [4.78, 5) is 0. The molecule has 0 bridgehead atoms. The van der Waals surface area contributed by atoms with Crippen LogP contribution in [0.2, 0.25) is 0 Å². The molecule has 0 aliphatic carbocycles. The van der Waals surface area contributed by atoms with E-state index in [0.717, 1.165) is 0 Å². The van der Waals surface area contributed by atoms with Gasteiger partial charge in [0.1, 0.15) is 0 Å². The van der Waals surface area contributed by atoms with Crippen LogP contribution in [0.25, 0.3) is 0 Å². The second-order valence-corrected chi connectivity index (χ2v) is 3.79. The van der Waals surface area contributed by atoms with E-state index < -0.39 is 39.6 Å². The van der Waals surface area contributed by atoms with Gasteiger partial charge in [-0.25, -0.2) is 0 Å². The first kappa shape index (κ1) is 13.9. The van der Waals surface area contributed by atoms with Gasteiger partial charge < -0.3 is 0 Å². The zero-order valence-corrected chi connectivity index (χ0v) is 8.40. The summed E-state index contributed by atoms with van der Waals surface area (Å²) in [6.45, 7) is 0. The van der Waals surface area contributed by atoms with Crippen LogP contribution in [0.1, 0.15) is 0 Å². The molecule has 10 heteroatoms. The fraction of sp³-hybridized carbons (Fsp3) is 1.00. The summed E-state index contributed by atoms with van der Waals surface area (Å²) >= 11 is -1.21. The van der Waals surface area contributed by atoms with Crippen LogP contribution in [0.4, 0.5) is 39.5 Å².